The van der Waals surface area contributed by atoms with Crippen LogP contribution in [0.1, 0.15) is 25.5 Å². The predicted octanol–water partition coefficient (Wildman–Crippen LogP) is 2.91. The first-order valence-electron chi connectivity index (χ1n) is 7.86. The van der Waals surface area contributed by atoms with Gasteiger partial charge < -0.3 is 20.3 Å². The molecule has 0 bridgehead atoms. The Morgan fingerprint density at radius 2 is 2.00 bits per heavy atom. The first-order valence-corrected chi connectivity index (χ1v) is 8.74. The average Bonchev–Trinajstić information content (AvgIpc) is 2.98. The fourth-order valence-electron chi connectivity index (χ4n) is 2.00. The Kier molecular flexibility index (Phi) is 6.79. The normalized spacial score (nSPS) is 11.6. The van der Waals surface area contributed by atoms with E-state index in [4.69, 9.17) is 9.63 Å². The van der Waals surface area contributed by atoms with E-state index < -0.39 is 11.2 Å². The van der Waals surface area contributed by atoms with Gasteiger partial charge in [0, 0.05) is 23.1 Å². The van der Waals surface area contributed by atoms with Crippen LogP contribution in [-0.2, 0) is 14.4 Å². The third-order valence-electron chi connectivity index (χ3n) is 3.25. The van der Waals surface area contributed by atoms with E-state index in [2.05, 4.69) is 15.8 Å². The number of hydrogen-bond donors (Lipinski definition) is 3. The van der Waals surface area contributed by atoms with Gasteiger partial charge in [-0.25, -0.2) is 0 Å². The molecule has 2 rings (SSSR count). The first-order chi connectivity index (χ1) is 12.3. The van der Waals surface area contributed by atoms with Crippen LogP contribution in [0.15, 0.2) is 39.8 Å². The number of aliphatic carboxylic acids is 1. The van der Waals surface area contributed by atoms with Gasteiger partial charge in [-0.3, -0.25) is 14.4 Å². The van der Waals surface area contributed by atoms with Gasteiger partial charge in [0.1, 0.15) is 5.76 Å². The average molecular weight is 377 g/mol. The van der Waals surface area contributed by atoms with Crippen LogP contribution in [0.25, 0.3) is 0 Å². The Morgan fingerprint density at radius 3 is 2.65 bits per heavy atom. The highest BCUT2D eigenvalue weighted by atomic mass is 32.2. The number of aryl methyl sites for hydroxylation is 1. The van der Waals surface area contributed by atoms with Gasteiger partial charge in [0.25, 0.3) is 0 Å². The van der Waals surface area contributed by atoms with Gasteiger partial charge in [-0.1, -0.05) is 11.2 Å². The second-order valence-corrected chi connectivity index (χ2v) is 6.96. The molecule has 1 unspecified atom stereocenters. The highest BCUT2D eigenvalue weighted by Gasteiger charge is 2.16. The van der Waals surface area contributed by atoms with Crippen LogP contribution in [0.4, 0.5) is 11.5 Å². The molecule has 0 aliphatic rings. The number of benzene rings is 1. The van der Waals surface area contributed by atoms with Crippen molar-refractivity contribution in [2.45, 2.75) is 36.8 Å². The molecule has 0 spiro atoms. The minimum atomic E-state index is -1.02. The Hall–Kier alpha value is -2.81. The standard InChI is InChI=1S/C17H19N3O5S/c1-10-8-14(20-25-10)19-17(24)11(2)26-13-5-3-4-12(9-13)18-15(21)6-7-16(22)23/h3-5,8-9,11H,6-7H2,1-2H3,(H,18,21)(H,22,23)(H,19,20,24). The third kappa shape index (κ3) is 6.25. The number of carbonyl (C=O) groups excluding carboxylic acids is 2. The highest BCUT2D eigenvalue weighted by molar-refractivity contribution is 8.00. The lowest BCUT2D eigenvalue weighted by Crippen LogP contribution is -2.22. The van der Waals surface area contributed by atoms with Crippen LogP contribution in [0.3, 0.4) is 0 Å². The summed E-state index contributed by atoms with van der Waals surface area (Å²) < 4.78 is 4.90. The SMILES string of the molecule is Cc1cc(NC(=O)C(C)Sc2cccc(NC(=O)CCC(=O)O)c2)no1. The van der Waals surface area contributed by atoms with E-state index in [1.165, 1.54) is 11.8 Å². The fourth-order valence-corrected chi connectivity index (χ4v) is 2.93. The van der Waals surface area contributed by atoms with Crippen molar-refractivity contribution in [3.8, 4) is 0 Å². The number of amides is 2. The van der Waals surface area contributed by atoms with E-state index in [-0.39, 0.29) is 24.7 Å². The van der Waals surface area contributed by atoms with Gasteiger partial charge in [0.2, 0.25) is 11.8 Å². The molecule has 8 nitrogen and oxygen atoms in total. The van der Waals surface area contributed by atoms with Crippen molar-refractivity contribution < 1.29 is 24.0 Å². The summed E-state index contributed by atoms with van der Waals surface area (Å²) >= 11 is 1.32. The zero-order chi connectivity index (χ0) is 19.1. The molecular formula is C17H19N3O5S. The highest BCUT2D eigenvalue weighted by Crippen LogP contribution is 2.26. The van der Waals surface area contributed by atoms with Crippen molar-refractivity contribution in [3.05, 3.63) is 36.1 Å². The monoisotopic (exact) mass is 377 g/mol. The van der Waals surface area contributed by atoms with Crippen molar-refractivity contribution in [3.63, 3.8) is 0 Å². The van der Waals surface area contributed by atoms with Crippen LogP contribution >= 0.6 is 11.8 Å². The molecule has 2 aromatic rings. The Balaban J connectivity index is 1.91. The molecule has 1 aromatic heterocycles. The van der Waals surface area contributed by atoms with Gasteiger partial charge in [0.05, 0.1) is 11.7 Å². The lowest BCUT2D eigenvalue weighted by Gasteiger charge is -2.11. The summed E-state index contributed by atoms with van der Waals surface area (Å²) in [5.41, 5.74) is 0.546. The van der Waals surface area contributed by atoms with Gasteiger partial charge in [-0.05, 0) is 32.0 Å². The van der Waals surface area contributed by atoms with Crippen molar-refractivity contribution in [1.29, 1.82) is 0 Å². The second kappa shape index (κ2) is 9.04. The minimum Gasteiger partial charge on any atom is -0.481 e. The summed E-state index contributed by atoms with van der Waals surface area (Å²) in [5, 5.41) is 17.2. The zero-order valence-corrected chi connectivity index (χ0v) is 15.1. The maximum atomic E-state index is 12.2. The fraction of sp³-hybridized carbons (Fsp3) is 0.294. The van der Waals surface area contributed by atoms with E-state index >= 15 is 0 Å². The summed E-state index contributed by atoms with van der Waals surface area (Å²) in [5.74, 6) is -0.654. The second-order valence-electron chi connectivity index (χ2n) is 5.54. The number of aromatic nitrogens is 1. The molecule has 0 aliphatic carbocycles. The van der Waals surface area contributed by atoms with Crippen LogP contribution in [-0.4, -0.2) is 33.3 Å². The number of carbonyl (C=O) groups is 3. The quantitative estimate of drug-likeness (QED) is 0.605. The van der Waals surface area contributed by atoms with Crippen molar-refractivity contribution in [2.24, 2.45) is 0 Å². The predicted molar refractivity (Wildman–Crippen MR) is 97.1 cm³/mol. The topological polar surface area (TPSA) is 122 Å². The molecule has 1 aromatic carbocycles. The summed E-state index contributed by atoms with van der Waals surface area (Å²) in [7, 11) is 0. The van der Waals surface area contributed by atoms with E-state index in [1.54, 1.807) is 38.1 Å². The maximum absolute atomic E-state index is 12.2. The largest absolute Gasteiger partial charge is 0.481 e. The molecule has 0 saturated heterocycles. The summed E-state index contributed by atoms with van der Waals surface area (Å²) in [4.78, 5) is 35.2. The Labute approximate surface area is 154 Å². The summed E-state index contributed by atoms with van der Waals surface area (Å²) in [6.45, 7) is 3.49. The van der Waals surface area contributed by atoms with Crippen molar-refractivity contribution in [1.82, 2.24) is 5.16 Å². The van der Waals surface area contributed by atoms with E-state index in [0.717, 1.165) is 4.90 Å². The number of thioether (sulfide) groups is 1. The maximum Gasteiger partial charge on any atom is 0.303 e. The molecule has 138 valence electrons. The van der Waals surface area contributed by atoms with Gasteiger partial charge in [-0.15, -0.1) is 11.8 Å². The molecule has 0 aliphatic heterocycles. The molecule has 2 amide bonds. The minimum absolute atomic E-state index is 0.0946. The number of anilines is 2. The van der Waals surface area contributed by atoms with E-state index in [1.807, 2.05) is 6.07 Å². The molecule has 3 N–H and O–H groups in total. The molecule has 1 heterocycles. The number of rotatable bonds is 8. The zero-order valence-electron chi connectivity index (χ0n) is 14.3. The molecular weight excluding hydrogens is 358 g/mol. The number of carboxylic acids is 1. The third-order valence-corrected chi connectivity index (χ3v) is 4.34. The molecule has 26 heavy (non-hydrogen) atoms. The van der Waals surface area contributed by atoms with Crippen LogP contribution in [0.2, 0.25) is 0 Å². The number of nitrogens with one attached hydrogen (secondary N) is 2. The number of hydrogen-bond acceptors (Lipinski definition) is 6. The van der Waals surface area contributed by atoms with Gasteiger partial charge in [0.15, 0.2) is 5.82 Å². The molecule has 0 saturated carbocycles. The number of nitrogens with zero attached hydrogens (tertiary/aromatic N) is 1. The molecule has 1 atom stereocenters. The van der Waals surface area contributed by atoms with Crippen LogP contribution in [0, 0.1) is 6.92 Å². The lowest BCUT2D eigenvalue weighted by molar-refractivity contribution is -0.138. The number of carboxylic acid groups (broad SMARTS) is 1. The van der Waals surface area contributed by atoms with E-state index in [9.17, 15) is 14.4 Å². The first kappa shape index (κ1) is 19.5. The smallest absolute Gasteiger partial charge is 0.303 e. The van der Waals surface area contributed by atoms with Gasteiger partial charge in [-0.2, -0.15) is 0 Å². The van der Waals surface area contributed by atoms with Gasteiger partial charge >= 0.3 is 5.97 Å². The molecule has 0 fully saturated rings. The van der Waals surface area contributed by atoms with Crippen molar-refractivity contribution in [2.75, 3.05) is 10.6 Å². The Morgan fingerprint density at radius 1 is 1.23 bits per heavy atom. The van der Waals surface area contributed by atoms with Crippen molar-refractivity contribution >= 4 is 41.1 Å². The summed E-state index contributed by atoms with van der Waals surface area (Å²) in [6, 6.07) is 8.63. The van der Waals surface area contributed by atoms with E-state index in [0.29, 0.717) is 17.3 Å². The molecule has 0 radical (unpaired) electrons. The summed E-state index contributed by atoms with van der Waals surface area (Å²) in [6.07, 6.45) is -0.318. The Bertz CT molecular complexity index is 805. The van der Waals surface area contributed by atoms with Crippen LogP contribution in [0.5, 0.6) is 0 Å². The lowest BCUT2D eigenvalue weighted by atomic mass is 10.2. The molecule has 9 heteroatoms. The van der Waals surface area contributed by atoms with Crippen LogP contribution < -0.4 is 10.6 Å².